The third-order valence-electron chi connectivity index (χ3n) is 4.70. The third kappa shape index (κ3) is 5.41. The fourth-order valence-corrected chi connectivity index (χ4v) is 3.11. The van der Waals surface area contributed by atoms with Gasteiger partial charge in [-0.3, -0.25) is 4.79 Å². The van der Waals surface area contributed by atoms with Gasteiger partial charge in [0.2, 0.25) is 0 Å². The molecule has 0 radical (unpaired) electrons. The molecule has 156 valence electrons. The van der Waals surface area contributed by atoms with Crippen LogP contribution >= 0.6 is 0 Å². The van der Waals surface area contributed by atoms with Crippen molar-refractivity contribution < 1.29 is 37.3 Å². The quantitative estimate of drug-likeness (QED) is 0.625. The standard InChI is InChI=1S/C21H21F3O5/c22-21(23,24)16-3-1-4-18(11-16)29-10-2-9-28-17-7-5-15(6-8-17)20(12-19(25)26)13-27-14-20/h1,3-8,11H,2,9-10,12-14H2,(H,25,26). The summed E-state index contributed by atoms with van der Waals surface area (Å²) >= 11 is 0. The van der Waals surface area contributed by atoms with Gasteiger partial charge in [-0.15, -0.1) is 0 Å². The Morgan fingerprint density at radius 2 is 1.69 bits per heavy atom. The zero-order valence-electron chi connectivity index (χ0n) is 15.6. The lowest BCUT2D eigenvalue weighted by atomic mass is 9.76. The first-order valence-electron chi connectivity index (χ1n) is 9.11. The topological polar surface area (TPSA) is 65.0 Å². The van der Waals surface area contributed by atoms with E-state index in [0.29, 0.717) is 32.0 Å². The molecule has 0 amide bonds. The van der Waals surface area contributed by atoms with Crippen LogP contribution in [-0.2, 0) is 21.1 Å². The molecule has 0 unspecified atom stereocenters. The third-order valence-corrected chi connectivity index (χ3v) is 4.70. The smallest absolute Gasteiger partial charge is 0.416 e. The highest BCUT2D eigenvalue weighted by atomic mass is 19.4. The Kier molecular flexibility index (Phi) is 6.32. The molecule has 2 aromatic rings. The van der Waals surface area contributed by atoms with E-state index in [1.807, 2.05) is 12.1 Å². The Labute approximate surface area is 166 Å². The van der Waals surface area contributed by atoms with Crippen LogP contribution in [0.15, 0.2) is 48.5 Å². The highest BCUT2D eigenvalue weighted by Crippen LogP contribution is 2.36. The van der Waals surface area contributed by atoms with E-state index in [1.165, 1.54) is 12.1 Å². The number of alkyl halides is 3. The zero-order chi connectivity index (χ0) is 20.9. The summed E-state index contributed by atoms with van der Waals surface area (Å²) in [7, 11) is 0. The van der Waals surface area contributed by atoms with E-state index in [0.717, 1.165) is 17.7 Å². The van der Waals surface area contributed by atoms with E-state index in [2.05, 4.69) is 0 Å². The van der Waals surface area contributed by atoms with Gasteiger partial charge in [0.25, 0.3) is 0 Å². The fourth-order valence-electron chi connectivity index (χ4n) is 3.11. The minimum absolute atomic E-state index is 0.0140. The minimum Gasteiger partial charge on any atom is -0.493 e. The summed E-state index contributed by atoms with van der Waals surface area (Å²) in [6, 6.07) is 12.0. The Bertz CT molecular complexity index is 829. The average molecular weight is 410 g/mol. The van der Waals surface area contributed by atoms with Gasteiger partial charge in [0, 0.05) is 6.42 Å². The molecular formula is C21H21F3O5. The molecular weight excluding hydrogens is 389 g/mol. The molecule has 1 fully saturated rings. The van der Waals surface area contributed by atoms with Gasteiger partial charge in [0.15, 0.2) is 0 Å². The molecule has 2 aromatic carbocycles. The van der Waals surface area contributed by atoms with Crippen molar-refractivity contribution in [2.75, 3.05) is 26.4 Å². The molecule has 0 spiro atoms. The number of rotatable bonds is 9. The van der Waals surface area contributed by atoms with Crippen molar-refractivity contribution in [1.29, 1.82) is 0 Å². The maximum absolute atomic E-state index is 12.7. The highest BCUT2D eigenvalue weighted by Gasteiger charge is 2.42. The lowest BCUT2D eigenvalue weighted by Crippen LogP contribution is -2.48. The number of aliphatic carboxylic acids is 1. The second kappa shape index (κ2) is 8.73. The van der Waals surface area contributed by atoms with Gasteiger partial charge in [-0.05, 0) is 35.9 Å². The largest absolute Gasteiger partial charge is 0.493 e. The predicted molar refractivity (Wildman–Crippen MR) is 98.2 cm³/mol. The molecule has 29 heavy (non-hydrogen) atoms. The number of ether oxygens (including phenoxy) is 3. The van der Waals surface area contributed by atoms with Gasteiger partial charge in [0.1, 0.15) is 11.5 Å². The van der Waals surface area contributed by atoms with E-state index in [-0.39, 0.29) is 18.8 Å². The number of halogens is 3. The molecule has 1 N–H and O–H groups in total. The summed E-state index contributed by atoms with van der Waals surface area (Å²) in [4.78, 5) is 11.1. The molecule has 8 heteroatoms. The maximum Gasteiger partial charge on any atom is 0.416 e. The Hall–Kier alpha value is -2.74. The predicted octanol–water partition coefficient (Wildman–Crippen LogP) is 4.30. The summed E-state index contributed by atoms with van der Waals surface area (Å²) in [5.74, 6) is -0.0800. The average Bonchev–Trinajstić information content (AvgIpc) is 2.64. The van der Waals surface area contributed by atoms with Crippen molar-refractivity contribution >= 4 is 5.97 Å². The summed E-state index contributed by atoms with van der Waals surface area (Å²) in [6.45, 7) is 1.32. The van der Waals surface area contributed by atoms with Crippen molar-refractivity contribution in [3.63, 3.8) is 0 Å². The number of carbonyl (C=O) groups is 1. The number of carboxylic acid groups (broad SMARTS) is 1. The SMILES string of the molecule is O=C(O)CC1(c2ccc(OCCCOc3cccc(C(F)(F)F)c3)cc2)COC1. The van der Waals surface area contributed by atoms with Crippen LogP contribution in [0.25, 0.3) is 0 Å². The van der Waals surface area contributed by atoms with Crippen molar-refractivity contribution in [2.24, 2.45) is 0 Å². The van der Waals surface area contributed by atoms with Crippen molar-refractivity contribution in [2.45, 2.75) is 24.4 Å². The monoisotopic (exact) mass is 410 g/mol. The first-order chi connectivity index (χ1) is 13.8. The van der Waals surface area contributed by atoms with Gasteiger partial charge < -0.3 is 19.3 Å². The van der Waals surface area contributed by atoms with Crippen LogP contribution in [0.5, 0.6) is 11.5 Å². The highest BCUT2D eigenvalue weighted by molar-refractivity contribution is 5.69. The molecule has 0 aromatic heterocycles. The zero-order valence-corrected chi connectivity index (χ0v) is 15.6. The molecule has 0 saturated carbocycles. The van der Waals surface area contributed by atoms with E-state index in [4.69, 9.17) is 19.3 Å². The summed E-state index contributed by atoms with van der Waals surface area (Å²) in [5.41, 5.74) is -0.335. The van der Waals surface area contributed by atoms with Crippen molar-refractivity contribution in [3.05, 3.63) is 59.7 Å². The molecule has 1 saturated heterocycles. The van der Waals surface area contributed by atoms with Crippen LogP contribution in [0.3, 0.4) is 0 Å². The Balaban J connectivity index is 1.44. The van der Waals surface area contributed by atoms with Crippen LogP contribution < -0.4 is 9.47 Å². The van der Waals surface area contributed by atoms with Crippen LogP contribution in [0, 0.1) is 0 Å². The van der Waals surface area contributed by atoms with Crippen LogP contribution in [-0.4, -0.2) is 37.5 Å². The Morgan fingerprint density at radius 1 is 1.03 bits per heavy atom. The number of carboxylic acids is 1. The van der Waals surface area contributed by atoms with Crippen LogP contribution in [0.2, 0.25) is 0 Å². The molecule has 1 aliphatic heterocycles. The number of hydrogen-bond donors (Lipinski definition) is 1. The number of benzene rings is 2. The van der Waals surface area contributed by atoms with Gasteiger partial charge >= 0.3 is 12.1 Å². The van der Waals surface area contributed by atoms with Gasteiger partial charge in [-0.2, -0.15) is 13.2 Å². The maximum atomic E-state index is 12.7. The van der Waals surface area contributed by atoms with Crippen molar-refractivity contribution in [3.8, 4) is 11.5 Å². The van der Waals surface area contributed by atoms with Crippen LogP contribution in [0.4, 0.5) is 13.2 Å². The lowest BCUT2D eigenvalue weighted by molar-refractivity contribution is -0.145. The summed E-state index contributed by atoms with van der Waals surface area (Å²) < 4.78 is 54.2. The first kappa shape index (κ1) is 21.0. The van der Waals surface area contributed by atoms with Crippen molar-refractivity contribution in [1.82, 2.24) is 0 Å². The van der Waals surface area contributed by atoms with Gasteiger partial charge in [0.05, 0.1) is 43.8 Å². The minimum atomic E-state index is -4.40. The fraction of sp³-hybridized carbons (Fsp3) is 0.381. The summed E-state index contributed by atoms with van der Waals surface area (Å²) in [5, 5.41) is 9.09. The van der Waals surface area contributed by atoms with E-state index >= 15 is 0 Å². The molecule has 1 heterocycles. The van der Waals surface area contributed by atoms with Gasteiger partial charge in [-0.1, -0.05) is 18.2 Å². The summed E-state index contributed by atoms with van der Waals surface area (Å²) in [6.07, 6.45) is -3.89. The molecule has 3 rings (SSSR count). The Morgan fingerprint density at radius 3 is 2.24 bits per heavy atom. The normalized spacial score (nSPS) is 15.4. The number of hydrogen-bond acceptors (Lipinski definition) is 4. The van der Waals surface area contributed by atoms with Crippen LogP contribution in [0.1, 0.15) is 24.0 Å². The molecule has 0 atom stereocenters. The second-order valence-corrected chi connectivity index (χ2v) is 6.94. The molecule has 0 aliphatic carbocycles. The van der Waals surface area contributed by atoms with E-state index in [9.17, 15) is 18.0 Å². The molecule has 0 bridgehead atoms. The second-order valence-electron chi connectivity index (χ2n) is 6.94. The molecule has 5 nitrogen and oxygen atoms in total. The first-order valence-corrected chi connectivity index (χ1v) is 9.11. The lowest BCUT2D eigenvalue weighted by Gasteiger charge is -2.40. The van der Waals surface area contributed by atoms with E-state index < -0.39 is 23.1 Å². The molecule has 1 aliphatic rings. The van der Waals surface area contributed by atoms with E-state index in [1.54, 1.807) is 12.1 Å². The van der Waals surface area contributed by atoms with Gasteiger partial charge in [-0.25, -0.2) is 0 Å².